The number of hydrogen-bond acceptors (Lipinski definition) is 3. The van der Waals surface area contributed by atoms with Crippen molar-refractivity contribution >= 4 is 23.6 Å². The van der Waals surface area contributed by atoms with Crippen LogP contribution >= 0.6 is 0 Å². The van der Waals surface area contributed by atoms with Crippen LogP contribution in [0.3, 0.4) is 0 Å². The average Bonchev–Trinajstić information content (AvgIpc) is 3.34. The van der Waals surface area contributed by atoms with Crippen molar-refractivity contribution in [1.29, 1.82) is 0 Å². The molecule has 0 saturated heterocycles. The van der Waals surface area contributed by atoms with Gasteiger partial charge in [0.15, 0.2) is 6.04 Å². The van der Waals surface area contributed by atoms with Gasteiger partial charge < -0.3 is 9.80 Å². The second kappa shape index (κ2) is 6.56. The van der Waals surface area contributed by atoms with E-state index in [0.29, 0.717) is 5.56 Å². The standard InChI is InChI=1S/C21H23N3O2/c1-23(2)20(25)16-5-3-4-15(12-16)18-13-24(11-9-14-6-7-14)21(26)19-17(18)8-10-22-19/h3-5,8,10,12-14,19H,6-7,9,11H2,1-2H3. The number of carbonyl (C=O) groups is 2. The summed E-state index contributed by atoms with van der Waals surface area (Å²) in [4.78, 5) is 32.8. The summed E-state index contributed by atoms with van der Waals surface area (Å²) < 4.78 is 0. The van der Waals surface area contributed by atoms with Crippen LogP contribution in [0.4, 0.5) is 0 Å². The topological polar surface area (TPSA) is 53.0 Å². The molecular formula is C21H23N3O2. The minimum absolute atomic E-state index is 0.0295. The maximum atomic E-state index is 12.7. The highest BCUT2D eigenvalue weighted by Gasteiger charge is 2.36. The minimum Gasteiger partial charge on any atom is -0.345 e. The zero-order valence-electron chi connectivity index (χ0n) is 15.2. The van der Waals surface area contributed by atoms with E-state index in [2.05, 4.69) is 4.99 Å². The van der Waals surface area contributed by atoms with Gasteiger partial charge in [-0.1, -0.05) is 25.0 Å². The molecule has 5 heteroatoms. The van der Waals surface area contributed by atoms with Crippen molar-refractivity contribution in [1.82, 2.24) is 9.80 Å². The Kier molecular flexibility index (Phi) is 4.23. The Labute approximate surface area is 153 Å². The molecule has 2 aliphatic heterocycles. The van der Waals surface area contributed by atoms with E-state index >= 15 is 0 Å². The van der Waals surface area contributed by atoms with E-state index < -0.39 is 6.04 Å². The van der Waals surface area contributed by atoms with Crippen LogP contribution in [0.5, 0.6) is 0 Å². The highest BCUT2D eigenvalue weighted by Crippen LogP contribution is 2.37. The summed E-state index contributed by atoms with van der Waals surface area (Å²) in [7, 11) is 3.49. The van der Waals surface area contributed by atoms with Crippen molar-refractivity contribution in [2.24, 2.45) is 10.9 Å². The SMILES string of the molecule is CN(C)C(=O)c1cccc(C2=CN(CCC3CC3)C(=O)C3N=CC=C23)c1. The van der Waals surface area contributed by atoms with Crippen molar-refractivity contribution < 1.29 is 9.59 Å². The molecule has 0 N–H and O–H groups in total. The molecule has 3 aliphatic rings. The Morgan fingerprint density at radius 3 is 2.85 bits per heavy atom. The van der Waals surface area contributed by atoms with Crippen molar-refractivity contribution in [3.63, 3.8) is 0 Å². The first-order valence-electron chi connectivity index (χ1n) is 9.12. The first-order chi connectivity index (χ1) is 12.5. The zero-order chi connectivity index (χ0) is 18.3. The third-order valence-corrected chi connectivity index (χ3v) is 5.20. The molecule has 4 rings (SSSR count). The molecule has 1 fully saturated rings. The van der Waals surface area contributed by atoms with Gasteiger partial charge >= 0.3 is 0 Å². The van der Waals surface area contributed by atoms with Gasteiger partial charge in [-0.25, -0.2) is 0 Å². The first kappa shape index (κ1) is 16.8. The fourth-order valence-corrected chi connectivity index (χ4v) is 3.49. The van der Waals surface area contributed by atoms with Gasteiger partial charge in [-0.2, -0.15) is 0 Å². The third-order valence-electron chi connectivity index (χ3n) is 5.20. The summed E-state index contributed by atoms with van der Waals surface area (Å²) in [6, 6.07) is 7.16. The van der Waals surface area contributed by atoms with Crippen LogP contribution in [0.2, 0.25) is 0 Å². The minimum atomic E-state index is -0.442. The molecular weight excluding hydrogens is 326 g/mol. The number of fused-ring (bicyclic) bond motifs is 1. The molecule has 0 bridgehead atoms. The fraction of sp³-hybridized carbons (Fsp3) is 0.381. The predicted octanol–water partition coefficient (Wildman–Crippen LogP) is 2.75. The summed E-state index contributed by atoms with van der Waals surface area (Å²) in [5, 5.41) is 0. The normalized spacial score (nSPS) is 21.4. The van der Waals surface area contributed by atoms with Gasteiger partial charge in [0.05, 0.1) is 0 Å². The van der Waals surface area contributed by atoms with Crippen LogP contribution in [0, 0.1) is 5.92 Å². The second-order valence-corrected chi connectivity index (χ2v) is 7.41. The molecule has 1 saturated carbocycles. The van der Waals surface area contributed by atoms with E-state index in [-0.39, 0.29) is 11.8 Å². The van der Waals surface area contributed by atoms with E-state index in [9.17, 15) is 9.59 Å². The van der Waals surface area contributed by atoms with E-state index in [1.807, 2.05) is 41.4 Å². The number of carbonyl (C=O) groups excluding carboxylic acids is 2. The van der Waals surface area contributed by atoms with Gasteiger partial charge in [-0.05, 0) is 41.7 Å². The van der Waals surface area contributed by atoms with Crippen LogP contribution in [0.15, 0.2) is 47.1 Å². The highest BCUT2D eigenvalue weighted by molar-refractivity contribution is 6.04. The van der Waals surface area contributed by atoms with Crippen LogP contribution in [-0.2, 0) is 4.79 Å². The lowest BCUT2D eigenvalue weighted by atomic mass is 9.90. The summed E-state index contributed by atoms with van der Waals surface area (Å²) in [6.45, 7) is 0.739. The molecule has 2 heterocycles. The van der Waals surface area contributed by atoms with Gasteiger partial charge in [0.25, 0.3) is 11.8 Å². The Balaban J connectivity index is 1.68. The lowest BCUT2D eigenvalue weighted by molar-refractivity contribution is -0.129. The number of aliphatic imine (C=N–C) groups is 1. The Morgan fingerprint density at radius 1 is 1.31 bits per heavy atom. The summed E-state index contributed by atoms with van der Waals surface area (Å²) in [5.74, 6) is 0.790. The Hall–Kier alpha value is -2.69. The van der Waals surface area contributed by atoms with Crippen molar-refractivity contribution in [3.8, 4) is 0 Å². The van der Waals surface area contributed by atoms with Crippen molar-refractivity contribution in [3.05, 3.63) is 53.2 Å². The van der Waals surface area contributed by atoms with E-state index in [0.717, 1.165) is 35.6 Å². The van der Waals surface area contributed by atoms with Crippen LogP contribution in [-0.4, -0.2) is 54.5 Å². The molecule has 1 aromatic carbocycles. The van der Waals surface area contributed by atoms with E-state index in [1.165, 1.54) is 12.8 Å². The maximum Gasteiger partial charge on any atom is 0.255 e. The highest BCUT2D eigenvalue weighted by atomic mass is 16.2. The number of nitrogens with zero attached hydrogens (tertiary/aromatic N) is 3. The van der Waals surface area contributed by atoms with Crippen molar-refractivity contribution in [2.75, 3.05) is 20.6 Å². The molecule has 5 nitrogen and oxygen atoms in total. The zero-order valence-corrected chi connectivity index (χ0v) is 15.2. The Bertz CT molecular complexity index is 847. The largest absolute Gasteiger partial charge is 0.345 e. The van der Waals surface area contributed by atoms with E-state index in [4.69, 9.17) is 0 Å². The van der Waals surface area contributed by atoms with Gasteiger partial charge in [0.1, 0.15) is 0 Å². The van der Waals surface area contributed by atoms with Crippen LogP contribution in [0.25, 0.3) is 5.57 Å². The molecule has 1 aliphatic carbocycles. The quantitative estimate of drug-likeness (QED) is 0.821. The lowest BCUT2D eigenvalue weighted by Crippen LogP contribution is -2.39. The number of rotatable bonds is 5. The monoisotopic (exact) mass is 349 g/mol. The van der Waals surface area contributed by atoms with Crippen LogP contribution in [0.1, 0.15) is 35.2 Å². The van der Waals surface area contributed by atoms with Crippen molar-refractivity contribution in [2.45, 2.75) is 25.3 Å². The Morgan fingerprint density at radius 2 is 2.12 bits per heavy atom. The molecule has 2 amide bonds. The molecule has 1 aromatic rings. The van der Waals surface area contributed by atoms with Gasteiger partial charge in [-0.3, -0.25) is 14.6 Å². The number of amides is 2. The summed E-state index contributed by atoms with van der Waals surface area (Å²) in [6.07, 6.45) is 9.17. The predicted molar refractivity (Wildman–Crippen MR) is 102 cm³/mol. The number of hydrogen-bond donors (Lipinski definition) is 0. The fourth-order valence-electron chi connectivity index (χ4n) is 3.49. The second-order valence-electron chi connectivity index (χ2n) is 7.41. The van der Waals surface area contributed by atoms with E-state index in [1.54, 1.807) is 25.2 Å². The lowest BCUT2D eigenvalue weighted by Gasteiger charge is -2.30. The first-order valence-corrected chi connectivity index (χ1v) is 9.12. The smallest absolute Gasteiger partial charge is 0.255 e. The maximum absolute atomic E-state index is 12.7. The molecule has 0 spiro atoms. The van der Waals surface area contributed by atoms with Gasteiger partial charge in [0.2, 0.25) is 0 Å². The van der Waals surface area contributed by atoms with Crippen LogP contribution < -0.4 is 0 Å². The number of benzene rings is 1. The molecule has 1 unspecified atom stereocenters. The summed E-state index contributed by atoms with van der Waals surface area (Å²) >= 11 is 0. The molecule has 1 atom stereocenters. The third kappa shape index (κ3) is 3.09. The molecule has 26 heavy (non-hydrogen) atoms. The number of allylic oxidation sites excluding steroid dienone is 1. The van der Waals surface area contributed by atoms with Gasteiger partial charge in [-0.15, -0.1) is 0 Å². The average molecular weight is 349 g/mol. The molecule has 134 valence electrons. The molecule has 0 aromatic heterocycles. The summed E-state index contributed by atoms with van der Waals surface area (Å²) in [5.41, 5.74) is 3.50. The molecule has 0 radical (unpaired) electrons. The van der Waals surface area contributed by atoms with Gasteiger partial charge in [0, 0.05) is 44.2 Å².